The van der Waals surface area contributed by atoms with Crippen molar-refractivity contribution in [2.45, 2.75) is 18.6 Å². The Morgan fingerprint density at radius 3 is 2.65 bits per heavy atom. The van der Waals surface area contributed by atoms with Crippen molar-refractivity contribution in [1.29, 1.82) is 0 Å². The molecule has 6 nitrogen and oxygen atoms in total. The van der Waals surface area contributed by atoms with Gasteiger partial charge in [-0.3, -0.25) is 0 Å². The first-order chi connectivity index (χ1) is 15.2. The third kappa shape index (κ3) is 3.02. The molecule has 2 N–H and O–H groups in total. The Morgan fingerprint density at radius 2 is 1.81 bits per heavy atom. The quantitative estimate of drug-likeness (QED) is 0.503. The van der Waals surface area contributed by atoms with Gasteiger partial charge in [0.15, 0.2) is 5.60 Å². The van der Waals surface area contributed by atoms with Gasteiger partial charge in [-0.15, -0.1) is 0 Å². The molecule has 0 bridgehead atoms. The number of fused-ring (bicyclic) bond motifs is 6. The SMILES string of the molecule is COc1ccc2c(c1)OCc1cc(OCCCN)ccc1C21OC(=O)c2ccccc21. The van der Waals surface area contributed by atoms with E-state index in [0.717, 1.165) is 34.4 Å². The molecule has 0 amide bonds. The number of hydrogen-bond acceptors (Lipinski definition) is 6. The van der Waals surface area contributed by atoms with Crippen LogP contribution < -0.4 is 19.9 Å². The van der Waals surface area contributed by atoms with Crippen molar-refractivity contribution in [2.24, 2.45) is 5.73 Å². The lowest BCUT2D eigenvalue weighted by Crippen LogP contribution is -2.30. The predicted molar refractivity (Wildman–Crippen MR) is 115 cm³/mol. The van der Waals surface area contributed by atoms with Gasteiger partial charge in [0.1, 0.15) is 23.9 Å². The number of hydrogen-bond donors (Lipinski definition) is 1. The fourth-order valence-corrected chi connectivity index (χ4v) is 4.35. The molecule has 31 heavy (non-hydrogen) atoms. The Morgan fingerprint density at radius 1 is 1.00 bits per heavy atom. The van der Waals surface area contributed by atoms with Crippen LogP contribution in [0.25, 0.3) is 0 Å². The van der Waals surface area contributed by atoms with Crippen LogP contribution in [0, 0.1) is 0 Å². The molecule has 1 atom stereocenters. The maximum Gasteiger partial charge on any atom is 0.340 e. The molecular formula is C25H23NO5. The molecule has 0 aliphatic carbocycles. The van der Waals surface area contributed by atoms with Crippen LogP contribution in [0.3, 0.4) is 0 Å². The normalized spacial score (nSPS) is 18.3. The van der Waals surface area contributed by atoms with Gasteiger partial charge >= 0.3 is 5.97 Å². The summed E-state index contributed by atoms with van der Waals surface area (Å²) in [6, 6.07) is 18.9. The van der Waals surface area contributed by atoms with Crippen LogP contribution in [-0.4, -0.2) is 26.2 Å². The van der Waals surface area contributed by atoms with Gasteiger partial charge in [0.2, 0.25) is 0 Å². The first kappa shape index (κ1) is 19.5. The maximum absolute atomic E-state index is 12.9. The lowest BCUT2D eigenvalue weighted by molar-refractivity contribution is 0.0250. The molecular weight excluding hydrogens is 394 g/mol. The van der Waals surface area contributed by atoms with Crippen LogP contribution in [0.5, 0.6) is 17.2 Å². The topological polar surface area (TPSA) is 80.0 Å². The molecule has 158 valence electrons. The second kappa shape index (κ2) is 7.63. The Kier molecular flexibility index (Phi) is 4.79. The van der Waals surface area contributed by atoms with Crippen molar-refractivity contribution in [3.8, 4) is 17.2 Å². The lowest BCUT2D eigenvalue weighted by atomic mass is 9.78. The molecule has 3 aromatic rings. The summed E-state index contributed by atoms with van der Waals surface area (Å²) < 4.78 is 23.6. The van der Waals surface area contributed by atoms with E-state index < -0.39 is 5.60 Å². The predicted octanol–water partition coefficient (Wildman–Crippen LogP) is 3.78. The van der Waals surface area contributed by atoms with Gasteiger partial charge in [-0.2, -0.15) is 0 Å². The average Bonchev–Trinajstić information content (AvgIpc) is 3.03. The maximum atomic E-state index is 12.9. The number of rotatable bonds is 5. The number of nitrogens with two attached hydrogens (primary N) is 1. The van der Waals surface area contributed by atoms with E-state index in [1.54, 1.807) is 13.2 Å². The van der Waals surface area contributed by atoms with Crippen LogP contribution in [0.2, 0.25) is 0 Å². The van der Waals surface area contributed by atoms with Gasteiger partial charge < -0.3 is 24.7 Å². The smallest absolute Gasteiger partial charge is 0.340 e. The second-order valence-corrected chi connectivity index (χ2v) is 7.58. The molecule has 6 heteroatoms. The summed E-state index contributed by atoms with van der Waals surface area (Å²) >= 11 is 0. The van der Waals surface area contributed by atoms with E-state index in [-0.39, 0.29) is 5.97 Å². The highest BCUT2D eigenvalue weighted by Crippen LogP contribution is 2.53. The molecule has 2 aliphatic rings. The minimum absolute atomic E-state index is 0.311. The minimum atomic E-state index is -1.10. The van der Waals surface area contributed by atoms with Crippen LogP contribution in [-0.2, 0) is 16.9 Å². The third-order valence-corrected chi connectivity index (χ3v) is 5.80. The van der Waals surface area contributed by atoms with E-state index >= 15 is 0 Å². The first-order valence-corrected chi connectivity index (χ1v) is 10.3. The van der Waals surface area contributed by atoms with Crippen molar-refractivity contribution in [3.63, 3.8) is 0 Å². The van der Waals surface area contributed by atoms with Crippen LogP contribution in [0.15, 0.2) is 60.7 Å². The Balaban J connectivity index is 1.72. The Hall–Kier alpha value is -3.51. The summed E-state index contributed by atoms with van der Waals surface area (Å²) in [5.41, 5.74) is 8.35. The zero-order valence-corrected chi connectivity index (χ0v) is 17.2. The summed E-state index contributed by atoms with van der Waals surface area (Å²) in [6.45, 7) is 1.42. The molecule has 0 saturated heterocycles. The molecule has 1 spiro atoms. The Labute approximate surface area is 180 Å². The largest absolute Gasteiger partial charge is 0.497 e. The molecule has 3 aromatic carbocycles. The first-order valence-electron chi connectivity index (χ1n) is 10.3. The molecule has 0 saturated carbocycles. The van der Waals surface area contributed by atoms with E-state index in [1.807, 2.05) is 54.6 Å². The van der Waals surface area contributed by atoms with E-state index in [1.165, 1.54) is 0 Å². The van der Waals surface area contributed by atoms with Crippen molar-refractivity contribution >= 4 is 5.97 Å². The number of carbonyl (C=O) groups is 1. The summed E-state index contributed by atoms with van der Waals surface area (Å²) in [6.07, 6.45) is 0.772. The minimum Gasteiger partial charge on any atom is -0.497 e. The van der Waals surface area contributed by atoms with Crippen molar-refractivity contribution in [3.05, 3.63) is 88.5 Å². The number of carbonyl (C=O) groups excluding carboxylic acids is 1. The van der Waals surface area contributed by atoms with Crippen LogP contribution >= 0.6 is 0 Å². The van der Waals surface area contributed by atoms with Crippen molar-refractivity contribution in [1.82, 2.24) is 0 Å². The molecule has 0 aromatic heterocycles. The fourth-order valence-electron chi connectivity index (χ4n) is 4.35. The molecule has 1 unspecified atom stereocenters. The van der Waals surface area contributed by atoms with Crippen LogP contribution in [0.4, 0.5) is 0 Å². The van der Waals surface area contributed by atoms with Gasteiger partial charge in [0.25, 0.3) is 0 Å². The summed E-state index contributed by atoms with van der Waals surface area (Å²) in [4.78, 5) is 12.9. The lowest BCUT2D eigenvalue weighted by Gasteiger charge is -2.31. The van der Waals surface area contributed by atoms with Crippen LogP contribution in [0.1, 0.15) is 39.0 Å². The number of esters is 1. The summed E-state index contributed by atoms with van der Waals surface area (Å²) in [7, 11) is 1.61. The fraction of sp³-hybridized carbons (Fsp3) is 0.240. The number of ether oxygens (including phenoxy) is 4. The van der Waals surface area contributed by atoms with E-state index in [9.17, 15) is 4.79 Å². The van der Waals surface area contributed by atoms with Crippen molar-refractivity contribution < 1.29 is 23.7 Å². The summed E-state index contributed by atoms with van der Waals surface area (Å²) in [5, 5.41) is 0. The standard InChI is InChI=1S/C25H23NO5/c1-28-17-7-10-22-23(14-17)30-15-16-13-18(29-12-4-11-26)8-9-20(16)25(22)21-6-3-2-5-19(21)24(27)31-25/h2-3,5-10,13-14H,4,11-12,15,26H2,1H3. The van der Waals surface area contributed by atoms with Gasteiger partial charge in [0.05, 0.1) is 19.3 Å². The zero-order valence-electron chi connectivity index (χ0n) is 17.2. The van der Waals surface area contributed by atoms with E-state index in [0.29, 0.717) is 36.8 Å². The molecule has 5 rings (SSSR count). The highest BCUT2D eigenvalue weighted by atomic mass is 16.6. The van der Waals surface area contributed by atoms with Gasteiger partial charge in [-0.25, -0.2) is 4.79 Å². The summed E-state index contributed by atoms with van der Waals surface area (Å²) in [5.74, 6) is 1.66. The third-order valence-electron chi connectivity index (χ3n) is 5.80. The van der Waals surface area contributed by atoms with Gasteiger partial charge in [-0.05, 0) is 43.3 Å². The van der Waals surface area contributed by atoms with Gasteiger partial charge in [-0.1, -0.05) is 24.3 Å². The molecule has 2 aliphatic heterocycles. The monoisotopic (exact) mass is 417 g/mol. The molecule has 0 fully saturated rings. The molecule has 2 heterocycles. The highest BCUT2D eigenvalue weighted by Gasteiger charge is 2.52. The Bertz CT molecular complexity index is 1160. The zero-order chi connectivity index (χ0) is 21.4. The average molecular weight is 417 g/mol. The number of benzene rings is 3. The second-order valence-electron chi connectivity index (χ2n) is 7.58. The molecule has 0 radical (unpaired) electrons. The highest BCUT2D eigenvalue weighted by molar-refractivity contribution is 5.96. The van der Waals surface area contributed by atoms with E-state index in [4.69, 9.17) is 24.7 Å². The van der Waals surface area contributed by atoms with Gasteiger partial charge in [0, 0.05) is 28.3 Å². The number of methoxy groups -OCH3 is 1. The van der Waals surface area contributed by atoms with E-state index in [2.05, 4.69) is 0 Å². The van der Waals surface area contributed by atoms with Crippen molar-refractivity contribution in [2.75, 3.05) is 20.3 Å².